The smallest absolute Gasteiger partial charge is 0.292 e. The number of nitrogens with one attached hydrogen (secondary N) is 1. The number of hydrogen-bond acceptors (Lipinski definition) is 2. The molecule has 2 saturated heterocycles. The highest BCUT2D eigenvalue weighted by Crippen LogP contribution is 2.22. The minimum atomic E-state index is -0.269. The number of aryl methyl sites for hydroxylation is 1. The SMILES string of the molecule is Cc1ccc(N2C(=O)CC([NH2+]C3CC[NH+](Cc4ccccc4)CC3)C2=O)cc1. The molecule has 0 radical (unpaired) electrons. The van der Waals surface area contributed by atoms with Crippen LogP contribution in [0.25, 0.3) is 0 Å². The number of quaternary nitrogens is 2. The second-order valence-electron chi connectivity index (χ2n) is 8.16. The molecule has 2 heterocycles. The number of hydrogen-bond donors (Lipinski definition) is 2. The molecule has 28 heavy (non-hydrogen) atoms. The predicted molar refractivity (Wildman–Crippen MR) is 108 cm³/mol. The maximum atomic E-state index is 12.8. The molecular formula is C23H29N3O2+2. The van der Waals surface area contributed by atoms with Crippen LogP contribution in [0.4, 0.5) is 5.69 Å². The predicted octanol–water partition coefficient (Wildman–Crippen LogP) is 0.438. The minimum absolute atomic E-state index is 0.0621. The van der Waals surface area contributed by atoms with E-state index in [0.717, 1.165) is 38.0 Å². The highest BCUT2D eigenvalue weighted by molar-refractivity contribution is 6.21. The Morgan fingerprint density at radius 3 is 2.36 bits per heavy atom. The molecule has 0 spiro atoms. The number of carbonyl (C=O) groups is 2. The van der Waals surface area contributed by atoms with E-state index < -0.39 is 0 Å². The van der Waals surface area contributed by atoms with E-state index in [-0.39, 0.29) is 17.9 Å². The first kappa shape index (κ1) is 18.8. The molecule has 0 aromatic heterocycles. The fourth-order valence-corrected chi connectivity index (χ4v) is 4.40. The van der Waals surface area contributed by atoms with Gasteiger partial charge in [0, 0.05) is 18.4 Å². The number of likely N-dealkylation sites (tertiary alicyclic amines) is 1. The standard InChI is InChI=1S/C23H27N3O2/c1-17-7-9-20(10-8-17)26-22(27)15-21(23(26)28)24-19-11-13-25(14-12-19)16-18-5-3-2-4-6-18/h2-10,19,21,24H,11-16H2,1H3/p+2. The Balaban J connectivity index is 1.31. The molecule has 1 atom stereocenters. The summed E-state index contributed by atoms with van der Waals surface area (Å²) in [5, 5.41) is 2.16. The zero-order valence-electron chi connectivity index (χ0n) is 16.4. The van der Waals surface area contributed by atoms with Crippen LogP contribution in [0.1, 0.15) is 30.4 Å². The van der Waals surface area contributed by atoms with Gasteiger partial charge in [0.15, 0.2) is 6.04 Å². The van der Waals surface area contributed by atoms with Crippen LogP contribution in [0.15, 0.2) is 54.6 Å². The van der Waals surface area contributed by atoms with E-state index >= 15 is 0 Å². The van der Waals surface area contributed by atoms with Gasteiger partial charge in [-0.2, -0.15) is 0 Å². The lowest BCUT2D eigenvalue weighted by molar-refractivity contribution is -0.926. The number of nitrogens with two attached hydrogens (primary N) is 1. The highest BCUT2D eigenvalue weighted by atomic mass is 16.2. The van der Waals surface area contributed by atoms with Crippen LogP contribution in [0.2, 0.25) is 0 Å². The van der Waals surface area contributed by atoms with Crippen molar-refractivity contribution in [1.29, 1.82) is 0 Å². The van der Waals surface area contributed by atoms with E-state index in [9.17, 15) is 9.59 Å². The first-order chi connectivity index (χ1) is 13.6. The summed E-state index contributed by atoms with van der Waals surface area (Å²) >= 11 is 0. The molecule has 5 heteroatoms. The summed E-state index contributed by atoms with van der Waals surface area (Å²) in [5.74, 6) is -0.143. The monoisotopic (exact) mass is 379 g/mol. The van der Waals surface area contributed by atoms with Gasteiger partial charge in [-0.05, 0) is 19.1 Å². The Labute approximate surface area is 166 Å². The van der Waals surface area contributed by atoms with Gasteiger partial charge in [-0.3, -0.25) is 9.59 Å². The van der Waals surface area contributed by atoms with Gasteiger partial charge in [-0.1, -0.05) is 48.0 Å². The van der Waals surface area contributed by atoms with Gasteiger partial charge in [0.1, 0.15) is 6.54 Å². The Morgan fingerprint density at radius 1 is 1.00 bits per heavy atom. The molecule has 0 bridgehead atoms. The number of anilines is 1. The lowest BCUT2D eigenvalue weighted by atomic mass is 10.0. The number of amides is 2. The van der Waals surface area contributed by atoms with Crippen LogP contribution in [-0.4, -0.2) is 37.0 Å². The van der Waals surface area contributed by atoms with Gasteiger partial charge in [-0.15, -0.1) is 0 Å². The Morgan fingerprint density at radius 2 is 1.68 bits per heavy atom. The van der Waals surface area contributed by atoms with E-state index in [1.54, 1.807) is 4.90 Å². The zero-order valence-corrected chi connectivity index (χ0v) is 16.4. The molecule has 2 fully saturated rings. The molecule has 2 amide bonds. The summed E-state index contributed by atoms with van der Waals surface area (Å²) in [6, 6.07) is 18.4. The van der Waals surface area contributed by atoms with Crippen molar-refractivity contribution in [3.05, 3.63) is 65.7 Å². The second-order valence-corrected chi connectivity index (χ2v) is 8.16. The van der Waals surface area contributed by atoms with E-state index in [2.05, 4.69) is 35.6 Å². The third-order valence-electron chi connectivity index (χ3n) is 6.01. The van der Waals surface area contributed by atoms with E-state index in [4.69, 9.17) is 0 Å². The van der Waals surface area contributed by atoms with Crippen molar-refractivity contribution in [2.45, 2.75) is 44.8 Å². The van der Waals surface area contributed by atoms with Crippen molar-refractivity contribution in [1.82, 2.24) is 0 Å². The second kappa shape index (κ2) is 8.25. The van der Waals surface area contributed by atoms with E-state index in [0.29, 0.717) is 18.2 Å². The fraction of sp³-hybridized carbons (Fsp3) is 0.391. The average Bonchev–Trinajstić information content (AvgIpc) is 2.98. The molecule has 2 aromatic rings. The molecule has 4 rings (SSSR count). The number of piperidine rings is 1. The quantitative estimate of drug-likeness (QED) is 0.741. The van der Waals surface area contributed by atoms with Crippen molar-refractivity contribution in [3.8, 4) is 0 Å². The van der Waals surface area contributed by atoms with Crippen molar-refractivity contribution in [2.75, 3.05) is 18.0 Å². The number of benzene rings is 2. The van der Waals surface area contributed by atoms with Crippen LogP contribution >= 0.6 is 0 Å². The normalized spacial score (nSPS) is 25.3. The molecule has 3 N–H and O–H groups in total. The van der Waals surface area contributed by atoms with Gasteiger partial charge in [0.2, 0.25) is 5.91 Å². The molecular weight excluding hydrogens is 350 g/mol. The molecule has 0 saturated carbocycles. The molecule has 2 aliphatic heterocycles. The highest BCUT2D eigenvalue weighted by Gasteiger charge is 2.43. The van der Waals surface area contributed by atoms with E-state index in [1.807, 2.05) is 31.2 Å². The average molecular weight is 380 g/mol. The minimum Gasteiger partial charge on any atom is -0.333 e. The Hall–Kier alpha value is -2.50. The van der Waals surface area contributed by atoms with Crippen LogP contribution in [0.3, 0.4) is 0 Å². The number of rotatable bonds is 5. The van der Waals surface area contributed by atoms with Crippen LogP contribution in [-0.2, 0) is 16.1 Å². The van der Waals surface area contributed by atoms with Gasteiger partial charge in [0.05, 0.1) is 31.2 Å². The lowest BCUT2D eigenvalue weighted by Gasteiger charge is -2.29. The molecule has 1 unspecified atom stereocenters. The maximum Gasteiger partial charge on any atom is 0.292 e. The first-order valence-electron chi connectivity index (χ1n) is 10.3. The maximum absolute atomic E-state index is 12.8. The van der Waals surface area contributed by atoms with Crippen molar-refractivity contribution in [2.24, 2.45) is 0 Å². The zero-order chi connectivity index (χ0) is 19.5. The van der Waals surface area contributed by atoms with Gasteiger partial charge in [-0.25, -0.2) is 4.90 Å². The summed E-state index contributed by atoms with van der Waals surface area (Å²) in [7, 11) is 0. The number of nitrogens with zero attached hydrogens (tertiary/aromatic N) is 1. The Bertz CT molecular complexity index is 827. The van der Waals surface area contributed by atoms with Crippen molar-refractivity contribution in [3.63, 3.8) is 0 Å². The molecule has 5 nitrogen and oxygen atoms in total. The molecule has 2 aromatic carbocycles. The van der Waals surface area contributed by atoms with Gasteiger partial charge >= 0.3 is 0 Å². The molecule has 2 aliphatic rings. The molecule has 0 aliphatic carbocycles. The fourth-order valence-electron chi connectivity index (χ4n) is 4.40. The summed E-state index contributed by atoms with van der Waals surface area (Å²) in [6.07, 6.45) is 2.49. The Kier molecular flexibility index (Phi) is 5.55. The van der Waals surface area contributed by atoms with Gasteiger partial charge < -0.3 is 10.2 Å². The van der Waals surface area contributed by atoms with Crippen molar-refractivity contribution < 1.29 is 19.8 Å². The molecule has 146 valence electrons. The van der Waals surface area contributed by atoms with Crippen LogP contribution in [0, 0.1) is 6.92 Å². The topological polar surface area (TPSA) is 58.4 Å². The number of carbonyl (C=O) groups excluding carboxylic acids is 2. The third kappa shape index (κ3) is 4.16. The van der Waals surface area contributed by atoms with Gasteiger partial charge in [0.25, 0.3) is 5.91 Å². The van der Waals surface area contributed by atoms with E-state index in [1.165, 1.54) is 10.5 Å². The summed E-state index contributed by atoms with van der Waals surface area (Å²) < 4.78 is 0. The summed E-state index contributed by atoms with van der Waals surface area (Å²) in [6.45, 7) is 5.30. The van der Waals surface area contributed by atoms with Crippen LogP contribution < -0.4 is 15.1 Å². The third-order valence-corrected chi connectivity index (χ3v) is 6.01. The summed E-state index contributed by atoms with van der Waals surface area (Å²) in [5.41, 5.74) is 3.19. The summed E-state index contributed by atoms with van der Waals surface area (Å²) in [4.78, 5) is 28.3. The first-order valence-corrected chi connectivity index (χ1v) is 10.3. The lowest BCUT2D eigenvalue weighted by Crippen LogP contribution is -3.14. The largest absolute Gasteiger partial charge is 0.333 e. The van der Waals surface area contributed by atoms with Crippen LogP contribution in [0.5, 0.6) is 0 Å². The van der Waals surface area contributed by atoms with Crippen molar-refractivity contribution >= 4 is 17.5 Å². The number of imide groups is 1.